The van der Waals surface area contributed by atoms with E-state index in [-0.39, 0.29) is 24.0 Å². The fourth-order valence-corrected chi connectivity index (χ4v) is 3.63. The lowest BCUT2D eigenvalue weighted by Gasteiger charge is -2.16. The van der Waals surface area contributed by atoms with Gasteiger partial charge in [0.1, 0.15) is 0 Å². The summed E-state index contributed by atoms with van der Waals surface area (Å²) < 4.78 is 0. The van der Waals surface area contributed by atoms with Gasteiger partial charge in [-0.2, -0.15) is 0 Å². The van der Waals surface area contributed by atoms with E-state index in [0.717, 1.165) is 11.9 Å². The zero-order valence-electron chi connectivity index (χ0n) is 15.6. The van der Waals surface area contributed by atoms with Crippen LogP contribution in [0, 0.1) is 0 Å². The number of anilines is 1. The van der Waals surface area contributed by atoms with Crippen LogP contribution in [0.4, 0.5) is 5.69 Å². The van der Waals surface area contributed by atoms with E-state index in [0.29, 0.717) is 17.8 Å². The molecule has 3 aromatic rings. The summed E-state index contributed by atoms with van der Waals surface area (Å²) in [5, 5.41) is 4.39. The number of hydrogen-bond donors (Lipinski definition) is 2. The van der Waals surface area contributed by atoms with Crippen LogP contribution in [0.1, 0.15) is 29.3 Å². The number of carbonyl (C=O) groups excluding carboxylic acids is 3. The molecular weight excluding hydrogens is 354 g/mol. The molecule has 1 aliphatic rings. The SMILES string of the molecule is CC(=O)c1ccc(N2C(=O)CC(NCCc3c[nH]c4ccccc34)C2=O)cc1. The van der Waals surface area contributed by atoms with E-state index in [1.165, 1.54) is 22.8 Å². The molecule has 1 aromatic heterocycles. The second-order valence-electron chi connectivity index (χ2n) is 6.99. The first-order valence-corrected chi connectivity index (χ1v) is 9.31. The Morgan fingerprint density at radius 3 is 2.64 bits per heavy atom. The van der Waals surface area contributed by atoms with Crippen LogP contribution in [0.3, 0.4) is 0 Å². The van der Waals surface area contributed by atoms with Gasteiger partial charge in [-0.15, -0.1) is 0 Å². The fraction of sp³-hybridized carbons (Fsp3) is 0.227. The van der Waals surface area contributed by atoms with Gasteiger partial charge in [0, 0.05) is 29.2 Å². The normalized spacial score (nSPS) is 16.9. The molecule has 6 heteroatoms. The van der Waals surface area contributed by atoms with Gasteiger partial charge in [-0.05, 0) is 49.2 Å². The van der Waals surface area contributed by atoms with E-state index in [4.69, 9.17) is 0 Å². The van der Waals surface area contributed by atoms with Crippen molar-refractivity contribution < 1.29 is 14.4 Å². The van der Waals surface area contributed by atoms with E-state index >= 15 is 0 Å². The number of aromatic amines is 1. The van der Waals surface area contributed by atoms with Crippen molar-refractivity contribution in [2.24, 2.45) is 0 Å². The van der Waals surface area contributed by atoms with Gasteiger partial charge in [-0.1, -0.05) is 18.2 Å². The molecule has 4 rings (SSSR count). The van der Waals surface area contributed by atoms with Crippen LogP contribution < -0.4 is 10.2 Å². The van der Waals surface area contributed by atoms with Crippen LogP contribution in [-0.2, 0) is 16.0 Å². The van der Waals surface area contributed by atoms with Crippen molar-refractivity contribution in [2.45, 2.75) is 25.8 Å². The highest BCUT2D eigenvalue weighted by Crippen LogP contribution is 2.24. The number of ketones is 1. The molecule has 0 bridgehead atoms. The Morgan fingerprint density at radius 2 is 1.89 bits per heavy atom. The lowest BCUT2D eigenvalue weighted by Crippen LogP contribution is -2.39. The maximum atomic E-state index is 12.7. The van der Waals surface area contributed by atoms with Gasteiger partial charge in [0.25, 0.3) is 5.91 Å². The molecule has 0 radical (unpaired) electrons. The maximum Gasteiger partial charge on any atom is 0.251 e. The third-order valence-corrected chi connectivity index (χ3v) is 5.14. The van der Waals surface area contributed by atoms with Crippen molar-refractivity contribution in [3.63, 3.8) is 0 Å². The predicted molar refractivity (Wildman–Crippen MR) is 107 cm³/mol. The predicted octanol–water partition coefficient (Wildman–Crippen LogP) is 2.83. The van der Waals surface area contributed by atoms with Gasteiger partial charge in [0.15, 0.2) is 5.78 Å². The third-order valence-electron chi connectivity index (χ3n) is 5.14. The minimum absolute atomic E-state index is 0.0533. The van der Waals surface area contributed by atoms with Crippen LogP contribution in [-0.4, -0.2) is 35.2 Å². The summed E-state index contributed by atoms with van der Waals surface area (Å²) in [5.74, 6) is -0.535. The number of nitrogens with zero attached hydrogens (tertiary/aromatic N) is 1. The van der Waals surface area contributed by atoms with Crippen molar-refractivity contribution in [2.75, 3.05) is 11.4 Å². The molecule has 1 fully saturated rings. The highest BCUT2D eigenvalue weighted by atomic mass is 16.2. The molecule has 28 heavy (non-hydrogen) atoms. The number of nitrogens with one attached hydrogen (secondary N) is 2. The number of H-pyrrole nitrogens is 1. The summed E-state index contributed by atoms with van der Waals surface area (Å²) in [6.07, 6.45) is 2.88. The van der Waals surface area contributed by atoms with Crippen molar-refractivity contribution in [3.8, 4) is 0 Å². The van der Waals surface area contributed by atoms with Crippen LogP contribution in [0.5, 0.6) is 0 Å². The molecule has 1 aliphatic heterocycles. The standard InChI is InChI=1S/C22H21N3O3/c1-14(26)15-6-8-17(9-7-15)25-21(27)12-20(22(25)28)23-11-10-16-13-24-19-5-3-2-4-18(16)19/h2-9,13,20,23-24H,10-12H2,1H3. The Bertz CT molecular complexity index is 1050. The number of rotatable bonds is 6. The molecule has 1 saturated heterocycles. The summed E-state index contributed by atoms with van der Waals surface area (Å²) in [4.78, 5) is 40.9. The molecule has 6 nitrogen and oxygen atoms in total. The number of benzene rings is 2. The van der Waals surface area contributed by atoms with E-state index in [2.05, 4.69) is 16.4 Å². The minimum atomic E-state index is -0.523. The second kappa shape index (κ2) is 7.40. The van der Waals surface area contributed by atoms with E-state index in [1.807, 2.05) is 24.4 Å². The number of para-hydroxylation sites is 1. The summed E-state index contributed by atoms with van der Waals surface area (Å²) in [5.41, 5.74) is 3.32. The van der Waals surface area contributed by atoms with Crippen molar-refractivity contribution in [1.82, 2.24) is 10.3 Å². The molecule has 2 aromatic carbocycles. The summed E-state index contributed by atoms with van der Waals surface area (Å²) in [6, 6.07) is 14.1. The quantitative estimate of drug-likeness (QED) is 0.513. The average Bonchev–Trinajstić information content (AvgIpc) is 3.23. The van der Waals surface area contributed by atoms with Gasteiger partial charge in [-0.25, -0.2) is 4.90 Å². The molecule has 2 amide bonds. The largest absolute Gasteiger partial charge is 0.361 e. The Morgan fingerprint density at radius 1 is 1.14 bits per heavy atom. The zero-order chi connectivity index (χ0) is 19.7. The first kappa shape index (κ1) is 18.1. The summed E-state index contributed by atoms with van der Waals surface area (Å²) in [6.45, 7) is 2.08. The smallest absolute Gasteiger partial charge is 0.251 e. The zero-order valence-corrected chi connectivity index (χ0v) is 15.6. The lowest BCUT2D eigenvalue weighted by molar-refractivity contribution is -0.121. The van der Waals surface area contributed by atoms with Crippen LogP contribution in [0.15, 0.2) is 54.7 Å². The highest BCUT2D eigenvalue weighted by molar-refractivity contribution is 6.22. The van der Waals surface area contributed by atoms with Crippen LogP contribution in [0.25, 0.3) is 10.9 Å². The van der Waals surface area contributed by atoms with Gasteiger partial charge in [0.2, 0.25) is 5.91 Å². The number of carbonyl (C=O) groups is 3. The fourth-order valence-electron chi connectivity index (χ4n) is 3.63. The molecule has 142 valence electrons. The van der Waals surface area contributed by atoms with Crippen molar-refractivity contribution >= 4 is 34.2 Å². The third kappa shape index (κ3) is 3.34. The van der Waals surface area contributed by atoms with Crippen molar-refractivity contribution in [3.05, 3.63) is 65.9 Å². The van der Waals surface area contributed by atoms with Crippen molar-refractivity contribution in [1.29, 1.82) is 0 Å². The van der Waals surface area contributed by atoms with Gasteiger partial charge < -0.3 is 10.3 Å². The topological polar surface area (TPSA) is 82.3 Å². The number of aromatic nitrogens is 1. The minimum Gasteiger partial charge on any atom is -0.361 e. The summed E-state index contributed by atoms with van der Waals surface area (Å²) in [7, 11) is 0. The molecule has 0 spiro atoms. The number of imide groups is 1. The molecule has 2 N–H and O–H groups in total. The van der Waals surface area contributed by atoms with Gasteiger partial charge >= 0.3 is 0 Å². The monoisotopic (exact) mass is 375 g/mol. The number of Topliss-reactive ketones (excluding diaryl/α,β-unsaturated/α-hetero) is 1. The average molecular weight is 375 g/mol. The molecule has 1 atom stereocenters. The Labute approximate surface area is 162 Å². The van der Waals surface area contributed by atoms with Gasteiger partial charge in [0.05, 0.1) is 18.2 Å². The molecule has 2 heterocycles. The van der Waals surface area contributed by atoms with E-state index < -0.39 is 6.04 Å². The van der Waals surface area contributed by atoms with Gasteiger partial charge in [-0.3, -0.25) is 14.4 Å². The van der Waals surface area contributed by atoms with Crippen LogP contribution in [0.2, 0.25) is 0 Å². The number of hydrogen-bond acceptors (Lipinski definition) is 4. The Hall–Kier alpha value is -3.25. The van der Waals surface area contributed by atoms with E-state index in [1.54, 1.807) is 24.3 Å². The first-order valence-electron chi connectivity index (χ1n) is 9.31. The van der Waals surface area contributed by atoms with Crippen LogP contribution >= 0.6 is 0 Å². The molecule has 0 saturated carbocycles. The first-order chi connectivity index (χ1) is 13.5. The number of amides is 2. The maximum absolute atomic E-state index is 12.7. The lowest BCUT2D eigenvalue weighted by atomic mass is 10.1. The van der Waals surface area contributed by atoms with E-state index in [9.17, 15) is 14.4 Å². The Balaban J connectivity index is 1.40. The highest BCUT2D eigenvalue weighted by Gasteiger charge is 2.39. The molecule has 0 aliphatic carbocycles. The molecular formula is C22H21N3O3. The second-order valence-corrected chi connectivity index (χ2v) is 6.99. The number of fused-ring (bicyclic) bond motifs is 1. The molecule has 1 unspecified atom stereocenters. The summed E-state index contributed by atoms with van der Waals surface area (Å²) >= 11 is 0. The Kier molecular flexibility index (Phi) is 4.79.